The van der Waals surface area contributed by atoms with Gasteiger partial charge in [-0.2, -0.15) is 0 Å². The summed E-state index contributed by atoms with van der Waals surface area (Å²) >= 11 is 0. The minimum absolute atomic E-state index is 0.0481. The Bertz CT molecular complexity index is 374. The molecule has 0 fully saturated rings. The van der Waals surface area contributed by atoms with E-state index in [-0.39, 0.29) is 11.7 Å². The van der Waals surface area contributed by atoms with Gasteiger partial charge >= 0.3 is 5.97 Å². The quantitative estimate of drug-likeness (QED) is 0.678. The highest BCUT2D eigenvalue weighted by Crippen LogP contribution is 2.32. The molecule has 0 aromatic heterocycles. The first kappa shape index (κ1) is 8.94. The number of carbonyl (C=O) groups is 2. The van der Waals surface area contributed by atoms with Gasteiger partial charge in [-0.3, -0.25) is 9.59 Å². The molecule has 3 nitrogen and oxygen atoms in total. The Balaban J connectivity index is 2.34. The van der Waals surface area contributed by atoms with Gasteiger partial charge < -0.3 is 5.11 Å². The van der Waals surface area contributed by atoms with Crippen molar-refractivity contribution >= 4 is 11.8 Å². The number of hydrogen-bond acceptors (Lipinski definition) is 2. The molecule has 1 N–H and O–H groups in total. The van der Waals surface area contributed by atoms with E-state index in [0.717, 1.165) is 5.57 Å². The number of rotatable bonds is 1. The predicted octanol–water partition coefficient (Wildman–Crippen LogP) is 1.33. The first-order valence-electron chi connectivity index (χ1n) is 4.49. The lowest BCUT2D eigenvalue weighted by atomic mass is 9.77. The summed E-state index contributed by atoms with van der Waals surface area (Å²) in [5.41, 5.74) is 0.910. The first-order chi connectivity index (χ1) is 6.68. The maximum atomic E-state index is 11.1. The van der Waals surface area contributed by atoms with Crippen LogP contribution in [0.5, 0.6) is 0 Å². The van der Waals surface area contributed by atoms with E-state index in [2.05, 4.69) is 0 Å². The summed E-state index contributed by atoms with van der Waals surface area (Å²) in [6, 6.07) is 0. The predicted molar refractivity (Wildman–Crippen MR) is 50.6 cm³/mol. The number of carboxylic acid groups (broad SMARTS) is 1. The van der Waals surface area contributed by atoms with E-state index in [9.17, 15) is 9.59 Å². The summed E-state index contributed by atoms with van der Waals surface area (Å²) in [4.78, 5) is 22.0. The van der Waals surface area contributed by atoms with Crippen LogP contribution in [0.4, 0.5) is 0 Å². The van der Waals surface area contributed by atoms with E-state index in [1.165, 1.54) is 6.08 Å². The molecular formula is C11H10O3. The second-order valence-electron chi connectivity index (χ2n) is 3.52. The molecule has 2 atom stereocenters. The molecule has 3 heteroatoms. The molecule has 2 rings (SSSR count). The van der Waals surface area contributed by atoms with Crippen LogP contribution in [-0.4, -0.2) is 16.9 Å². The van der Waals surface area contributed by atoms with Crippen molar-refractivity contribution < 1.29 is 14.7 Å². The standard InChI is InChI=1S/C11H10O3/c12-8-4-5-9-7(6-8)2-1-3-10(9)11(13)14/h1-5,9-10H,6H2,(H,13,14). The Hall–Kier alpha value is -1.64. The molecular weight excluding hydrogens is 180 g/mol. The molecule has 2 unspecified atom stereocenters. The van der Waals surface area contributed by atoms with E-state index in [0.29, 0.717) is 6.42 Å². The average Bonchev–Trinajstić information content (AvgIpc) is 2.16. The SMILES string of the molecule is O=C1C=CC2C(=CC=CC2C(=O)O)C1. The number of ketones is 1. The zero-order valence-electron chi connectivity index (χ0n) is 7.51. The molecule has 72 valence electrons. The molecule has 0 aromatic rings. The van der Waals surface area contributed by atoms with E-state index >= 15 is 0 Å². The average molecular weight is 190 g/mol. The maximum absolute atomic E-state index is 11.1. The summed E-state index contributed by atoms with van der Waals surface area (Å²) in [5.74, 6) is -1.43. The van der Waals surface area contributed by atoms with Crippen molar-refractivity contribution in [3.05, 3.63) is 36.0 Å². The van der Waals surface area contributed by atoms with Crippen LogP contribution in [0.1, 0.15) is 6.42 Å². The number of hydrogen-bond donors (Lipinski definition) is 1. The van der Waals surface area contributed by atoms with Crippen LogP contribution in [-0.2, 0) is 9.59 Å². The third kappa shape index (κ3) is 1.41. The van der Waals surface area contributed by atoms with Crippen LogP contribution in [0.25, 0.3) is 0 Å². The second-order valence-corrected chi connectivity index (χ2v) is 3.52. The van der Waals surface area contributed by atoms with Gasteiger partial charge in [-0.1, -0.05) is 29.9 Å². The normalized spacial score (nSPS) is 29.7. The van der Waals surface area contributed by atoms with Crippen molar-refractivity contribution in [2.24, 2.45) is 11.8 Å². The molecule has 0 aliphatic heterocycles. The fourth-order valence-electron chi connectivity index (χ4n) is 1.89. The summed E-state index contributed by atoms with van der Waals surface area (Å²) in [6.45, 7) is 0. The summed E-state index contributed by atoms with van der Waals surface area (Å²) < 4.78 is 0. The number of carboxylic acids is 1. The highest BCUT2D eigenvalue weighted by atomic mass is 16.4. The van der Waals surface area contributed by atoms with E-state index in [1.54, 1.807) is 18.2 Å². The van der Waals surface area contributed by atoms with Crippen LogP contribution < -0.4 is 0 Å². The fourth-order valence-corrected chi connectivity index (χ4v) is 1.89. The fraction of sp³-hybridized carbons (Fsp3) is 0.273. The summed E-state index contributed by atoms with van der Waals surface area (Å²) in [5, 5.41) is 8.95. The van der Waals surface area contributed by atoms with Gasteiger partial charge in [0, 0.05) is 12.3 Å². The Kier molecular flexibility index (Phi) is 2.08. The van der Waals surface area contributed by atoms with E-state index in [4.69, 9.17) is 5.11 Å². The molecule has 2 aliphatic rings. The monoisotopic (exact) mass is 190 g/mol. The molecule has 0 amide bonds. The largest absolute Gasteiger partial charge is 0.481 e. The second kappa shape index (κ2) is 3.25. The molecule has 2 aliphatic carbocycles. The van der Waals surface area contributed by atoms with Gasteiger partial charge in [-0.15, -0.1) is 0 Å². The van der Waals surface area contributed by atoms with Crippen LogP contribution in [0.15, 0.2) is 36.0 Å². The lowest BCUT2D eigenvalue weighted by molar-refractivity contribution is -0.141. The third-order valence-electron chi connectivity index (χ3n) is 2.60. The van der Waals surface area contributed by atoms with Crippen molar-refractivity contribution in [1.82, 2.24) is 0 Å². The van der Waals surface area contributed by atoms with E-state index in [1.807, 2.05) is 6.08 Å². The minimum atomic E-state index is -0.837. The molecule has 0 saturated carbocycles. The van der Waals surface area contributed by atoms with Crippen molar-refractivity contribution in [1.29, 1.82) is 0 Å². The number of aliphatic carboxylic acids is 1. The van der Waals surface area contributed by atoms with Gasteiger partial charge in [-0.25, -0.2) is 0 Å². The van der Waals surface area contributed by atoms with Crippen molar-refractivity contribution in [3.63, 3.8) is 0 Å². The molecule has 14 heavy (non-hydrogen) atoms. The van der Waals surface area contributed by atoms with Crippen LogP contribution in [0.2, 0.25) is 0 Å². The zero-order valence-corrected chi connectivity index (χ0v) is 7.51. The molecule has 0 radical (unpaired) electrons. The van der Waals surface area contributed by atoms with Gasteiger partial charge in [-0.05, 0) is 6.08 Å². The highest BCUT2D eigenvalue weighted by molar-refractivity contribution is 5.93. The molecule has 0 spiro atoms. The van der Waals surface area contributed by atoms with Gasteiger partial charge in [0.2, 0.25) is 0 Å². The Morgan fingerprint density at radius 1 is 1.43 bits per heavy atom. The molecule has 0 aromatic carbocycles. The van der Waals surface area contributed by atoms with Gasteiger partial charge in [0.15, 0.2) is 5.78 Å². The zero-order chi connectivity index (χ0) is 10.1. The molecule has 0 saturated heterocycles. The van der Waals surface area contributed by atoms with Gasteiger partial charge in [0.1, 0.15) is 0 Å². The Morgan fingerprint density at radius 3 is 2.93 bits per heavy atom. The van der Waals surface area contributed by atoms with Crippen molar-refractivity contribution in [3.8, 4) is 0 Å². The summed E-state index contributed by atoms with van der Waals surface area (Å²) in [7, 11) is 0. The minimum Gasteiger partial charge on any atom is -0.481 e. The lowest BCUT2D eigenvalue weighted by Crippen LogP contribution is -2.26. The molecule has 0 heterocycles. The smallest absolute Gasteiger partial charge is 0.311 e. The number of fused-ring (bicyclic) bond motifs is 1. The first-order valence-corrected chi connectivity index (χ1v) is 4.49. The van der Waals surface area contributed by atoms with Crippen molar-refractivity contribution in [2.45, 2.75) is 6.42 Å². The van der Waals surface area contributed by atoms with Gasteiger partial charge in [0.05, 0.1) is 5.92 Å². The lowest BCUT2D eigenvalue weighted by Gasteiger charge is -2.26. The molecule has 0 bridgehead atoms. The summed E-state index contributed by atoms with van der Waals surface area (Å²) in [6.07, 6.45) is 8.76. The van der Waals surface area contributed by atoms with Crippen molar-refractivity contribution in [2.75, 3.05) is 0 Å². The van der Waals surface area contributed by atoms with Crippen LogP contribution in [0.3, 0.4) is 0 Å². The topological polar surface area (TPSA) is 54.4 Å². The Morgan fingerprint density at radius 2 is 2.21 bits per heavy atom. The van der Waals surface area contributed by atoms with Crippen LogP contribution in [0, 0.1) is 11.8 Å². The van der Waals surface area contributed by atoms with E-state index < -0.39 is 11.9 Å². The van der Waals surface area contributed by atoms with Crippen LogP contribution >= 0.6 is 0 Å². The Labute approximate surface area is 81.4 Å². The number of carbonyl (C=O) groups excluding carboxylic acids is 1. The highest BCUT2D eigenvalue weighted by Gasteiger charge is 2.31. The number of allylic oxidation sites excluding steroid dienone is 5. The van der Waals surface area contributed by atoms with Gasteiger partial charge in [0.25, 0.3) is 0 Å². The maximum Gasteiger partial charge on any atom is 0.311 e. The third-order valence-corrected chi connectivity index (χ3v) is 2.60.